The first kappa shape index (κ1) is 22.0. The molecule has 1 aromatic rings. The summed E-state index contributed by atoms with van der Waals surface area (Å²) in [5.41, 5.74) is 7.45. The number of benzene rings is 1. The number of ether oxygens (including phenoxy) is 2. The van der Waals surface area contributed by atoms with Crippen LogP contribution in [-0.2, 0) is 20.9 Å². The lowest BCUT2D eigenvalue weighted by Gasteiger charge is -2.34. The Morgan fingerprint density at radius 2 is 2.17 bits per heavy atom. The minimum atomic E-state index is -0.824. The van der Waals surface area contributed by atoms with Gasteiger partial charge >= 0.3 is 0 Å². The van der Waals surface area contributed by atoms with Gasteiger partial charge in [-0.2, -0.15) is 0 Å². The van der Waals surface area contributed by atoms with Gasteiger partial charge in [0.1, 0.15) is 5.75 Å². The van der Waals surface area contributed by atoms with Crippen LogP contribution < -0.4 is 10.5 Å². The SMILES string of the molecule is COC(C=O)N1Cc2cc(OCC(=O)N(CCO)C3CCCCC3)ccc2N=C1N. The molecule has 0 saturated heterocycles. The van der Waals surface area contributed by atoms with E-state index in [0.29, 0.717) is 30.8 Å². The van der Waals surface area contributed by atoms with Crippen molar-refractivity contribution >= 4 is 23.8 Å². The van der Waals surface area contributed by atoms with Crippen molar-refractivity contribution in [1.29, 1.82) is 0 Å². The molecule has 2 aliphatic rings. The molecular formula is C21H30N4O5. The molecular weight excluding hydrogens is 388 g/mol. The maximum absolute atomic E-state index is 12.7. The highest BCUT2D eigenvalue weighted by Gasteiger charge is 2.27. The van der Waals surface area contributed by atoms with E-state index < -0.39 is 6.23 Å². The number of methoxy groups -OCH3 is 1. The van der Waals surface area contributed by atoms with Crippen molar-refractivity contribution in [3.63, 3.8) is 0 Å². The summed E-state index contributed by atoms with van der Waals surface area (Å²) in [5, 5.41) is 9.37. The molecule has 9 nitrogen and oxygen atoms in total. The molecule has 3 rings (SSSR count). The van der Waals surface area contributed by atoms with Crippen molar-refractivity contribution in [2.75, 3.05) is 26.9 Å². The minimum absolute atomic E-state index is 0.0618. The number of nitrogens with two attached hydrogens (primary N) is 1. The lowest BCUT2D eigenvalue weighted by molar-refractivity contribution is -0.137. The number of hydrogen-bond donors (Lipinski definition) is 2. The fraction of sp³-hybridized carbons (Fsp3) is 0.571. The molecule has 1 atom stereocenters. The minimum Gasteiger partial charge on any atom is -0.484 e. The van der Waals surface area contributed by atoms with Gasteiger partial charge in [0.05, 0.1) is 18.8 Å². The van der Waals surface area contributed by atoms with Crippen LogP contribution in [-0.4, -0.2) is 72.2 Å². The molecule has 1 unspecified atom stereocenters. The maximum Gasteiger partial charge on any atom is 0.260 e. The summed E-state index contributed by atoms with van der Waals surface area (Å²) in [7, 11) is 1.43. The predicted octanol–water partition coefficient (Wildman–Crippen LogP) is 1.15. The first-order valence-corrected chi connectivity index (χ1v) is 10.3. The Bertz CT molecular complexity index is 779. The summed E-state index contributed by atoms with van der Waals surface area (Å²) < 4.78 is 10.9. The predicted molar refractivity (Wildman–Crippen MR) is 111 cm³/mol. The largest absolute Gasteiger partial charge is 0.484 e. The molecule has 1 aliphatic heterocycles. The highest BCUT2D eigenvalue weighted by Crippen LogP contribution is 2.30. The number of amides is 1. The van der Waals surface area contributed by atoms with Gasteiger partial charge in [-0.3, -0.25) is 9.59 Å². The number of aldehydes is 1. The van der Waals surface area contributed by atoms with Gasteiger partial charge in [0.15, 0.2) is 25.1 Å². The van der Waals surface area contributed by atoms with Crippen LogP contribution in [0.2, 0.25) is 0 Å². The van der Waals surface area contributed by atoms with Gasteiger partial charge in [0.2, 0.25) is 0 Å². The number of aliphatic hydroxyl groups excluding tert-OH is 1. The summed E-state index contributed by atoms with van der Waals surface area (Å²) in [6.07, 6.45) is 5.18. The number of nitrogens with zero attached hydrogens (tertiary/aromatic N) is 3. The van der Waals surface area contributed by atoms with Crippen LogP contribution in [0.1, 0.15) is 37.7 Å². The van der Waals surface area contributed by atoms with Crippen LogP contribution in [0, 0.1) is 0 Å². The fourth-order valence-electron chi connectivity index (χ4n) is 4.06. The molecule has 1 fully saturated rings. The topological polar surface area (TPSA) is 118 Å². The zero-order chi connectivity index (χ0) is 21.5. The molecule has 1 heterocycles. The Kier molecular flexibility index (Phi) is 7.64. The van der Waals surface area contributed by atoms with Gasteiger partial charge in [-0.25, -0.2) is 4.99 Å². The number of hydrogen-bond acceptors (Lipinski definition) is 8. The van der Waals surface area contributed by atoms with E-state index in [1.165, 1.54) is 13.5 Å². The van der Waals surface area contributed by atoms with Crippen LogP contribution in [0.4, 0.5) is 5.69 Å². The monoisotopic (exact) mass is 418 g/mol. The van der Waals surface area contributed by atoms with E-state index in [0.717, 1.165) is 31.2 Å². The number of aliphatic imine (C=N–C) groups is 1. The number of carbonyl (C=O) groups excluding carboxylic acids is 2. The van der Waals surface area contributed by atoms with Gasteiger partial charge in [-0.05, 0) is 31.0 Å². The standard InChI is InChI=1S/C21H30N4O5/c1-29-20(13-27)25-12-15-11-17(7-8-18(15)23-21(25)22)30-14-19(28)24(9-10-26)16-5-3-2-4-6-16/h7-8,11,13,16,20,26H,2-6,9-10,12,14H2,1H3,(H2,22,23). The van der Waals surface area contributed by atoms with Gasteiger partial charge in [-0.15, -0.1) is 0 Å². The average Bonchev–Trinajstić information content (AvgIpc) is 2.77. The second kappa shape index (κ2) is 10.4. The van der Waals surface area contributed by atoms with E-state index in [4.69, 9.17) is 15.2 Å². The zero-order valence-corrected chi connectivity index (χ0v) is 17.3. The van der Waals surface area contributed by atoms with Gasteiger partial charge in [-0.1, -0.05) is 19.3 Å². The molecule has 1 aromatic carbocycles. The Balaban J connectivity index is 1.66. The van der Waals surface area contributed by atoms with Crippen LogP contribution in [0.3, 0.4) is 0 Å². The number of carbonyl (C=O) groups is 2. The second-order valence-electron chi connectivity index (χ2n) is 7.54. The molecule has 164 valence electrons. The van der Waals surface area contributed by atoms with Crippen molar-refractivity contribution in [3.05, 3.63) is 23.8 Å². The molecule has 1 amide bonds. The Labute approximate surface area is 176 Å². The van der Waals surface area contributed by atoms with Crippen molar-refractivity contribution < 1.29 is 24.2 Å². The van der Waals surface area contributed by atoms with E-state index in [-0.39, 0.29) is 31.1 Å². The van der Waals surface area contributed by atoms with Crippen LogP contribution in [0.25, 0.3) is 0 Å². The summed E-state index contributed by atoms with van der Waals surface area (Å²) >= 11 is 0. The van der Waals surface area contributed by atoms with Crippen LogP contribution in [0.5, 0.6) is 5.75 Å². The molecule has 0 bridgehead atoms. The maximum atomic E-state index is 12.7. The van der Waals surface area contributed by atoms with E-state index in [2.05, 4.69) is 4.99 Å². The summed E-state index contributed by atoms with van der Waals surface area (Å²) in [4.78, 5) is 31.6. The van der Waals surface area contributed by atoms with Gasteiger partial charge in [0, 0.05) is 25.3 Å². The number of fused-ring (bicyclic) bond motifs is 1. The van der Waals surface area contributed by atoms with Crippen molar-refractivity contribution in [3.8, 4) is 5.75 Å². The highest BCUT2D eigenvalue weighted by atomic mass is 16.5. The molecule has 9 heteroatoms. The van der Waals surface area contributed by atoms with E-state index in [1.54, 1.807) is 28.0 Å². The van der Waals surface area contributed by atoms with Gasteiger partial charge in [0.25, 0.3) is 5.91 Å². The Morgan fingerprint density at radius 1 is 1.40 bits per heavy atom. The molecule has 3 N–H and O–H groups in total. The summed E-state index contributed by atoms with van der Waals surface area (Å²) in [6.45, 7) is 0.503. The summed E-state index contributed by atoms with van der Waals surface area (Å²) in [6, 6.07) is 5.48. The molecule has 1 aliphatic carbocycles. The Hall–Kier alpha value is -2.65. The third-order valence-electron chi connectivity index (χ3n) is 5.63. The lowest BCUT2D eigenvalue weighted by atomic mass is 9.94. The van der Waals surface area contributed by atoms with Gasteiger partial charge < -0.3 is 30.1 Å². The van der Waals surface area contributed by atoms with Crippen molar-refractivity contribution in [2.45, 2.75) is 50.9 Å². The average molecular weight is 418 g/mol. The number of aliphatic hydroxyl groups is 1. The summed E-state index contributed by atoms with van der Waals surface area (Å²) in [5.74, 6) is 0.612. The molecule has 0 aromatic heterocycles. The third-order valence-corrected chi connectivity index (χ3v) is 5.63. The quantitative estimate of drug-likeness (QED) is 0.578. The van der Waals surface area contributed by atoms with Crippen molar-refractivity contribution in [1.82, 2.24) is 9.80 Å². The molecule has 1 saturated carbocycles. The van der Waals surface area contributed by atoms with E-state index in [9.17, 15) is 14.7 Å². The Morgan fingerprint density at radius 3 is 2.83 bits per heavy atom. The highest BCUT2D eigenvalue weighted by molar-refractivity contribution is 5.85. The first-order chi connectivity index (χ1) is 14.6. The van der Waals surface area contributed by atoms with Crippen LogP contribution >= 0.6 is 0 Å². The lowest BCUT2D eigenvalue weighted by Crippen LogP contribution is -2.47. The number of guanidine groups is 1. The normalized spacial score (nSPS) is 17.7. The third kappa shape index (κ3) is 5.09. The first-order valence-electron chi connectivity index (χ1n) is 10.3. The second-order valence-corrected chi connectivity index (χ2v) is 7.54. The van der Waals surface area contributed by atoms with Crippen molar-refractivity contribution in [2.24, 2.45) is 10.7 Å². The fourth-order valence-corrected chi connectivity index (χ4v) is 4.06. The smallest absolute Gasteiger partial charge is 0.260 e. The van der Waals surface area contributed by atoms with E-state index in [1.807, 2.05) is 0 Å². The zero-order valence-electron chi connectivity index (χ0n) is 17.3. The van der Waals surface area contributed by atoms with Crippen LogP contribution in [0.15, 0.2) is 23.2 Å². The molecule has 0 radical (unpaired) electrons. The molecule has 0 spiro atoms. The molecule has 30 heavy (non-hydrogen) atoms. The number of rotatable bonds is 9. The van der Waals surface area contributed by atoms with E-state index >= 15 is 0 Å².